The number of hydrogen-bond acceptors (Lipinski definition) is 8. The van der Waals surface area contributed by atoms with Gasteiger partial charge in [-0.2, -0.15) is 19.1 Å². The fourth-order valence-electron chi connectivity index (χ4n) is 2.82. The first kappa shape index (κ1) is 17.1. The normalized spacial score (nSPS) is 19.5. The third kappa shape index (κ3) is 3.49. The first-order chi connectivity index (χ1) is 13.1. The highest BCUT2D eigenvalue weighted by atomic mass is 19.3. The van der Waals surface area contributed by atoms with Crippen molar-refractivity contribution in [2.24, 2.45) is 5.41 Å². The Morgan fingerprint density at radius 2 is 2.37 bits per heavy atom. The molecule has 3 aromatic rings. The van der Waals surface area contributed by atoms with Gasteiger partial charge in [-0.05, 0) is 6.42 Å². The van der Waals surface area contributed by atoms with Crippen LogP contribution in [0.25, 0.3) is 11.2 Å². The number of nitriles is 1. The van der Waals surface area contributed by atoms with Crippen LogP contribution in [-0.4, -0.2) is 49.8 Å². The van der Waals surface area contributed by atoms with Gasteiger partial charge in [0.2, 0.25) is 5.88 Å². The third-order valence-electron chi connectivity index (χ3n) is 4.17. The van der Waals surface area contributed by atoms with Crippen molar-refractivity contribution in [3.05, 3.63) is 18.5 Å². The third-order valence-corrected chi connectivity index (χ3v) is 4.17. The molecule has 0 amide bonds. The summed E-state index contributed by atoms with van der Waals surface area (Å²) in [5.41, 5.74) is 0.415. The first-order valence-corrected chi connectivity index (χ1v) is 8.02. The number of nitrogens with zero attached hydrogens (tertiary/aromatic N) is 6. The van der Waals surface area contributed by atoms with Crippen LogP contribution in [0.4, 0.5) is 20.4 Å². The number of alkyl halides is 2. The summed E-state index contributed by atoms with van der Waals surface area (Å²) in [6.45, 7) is -1.74. The molecule has 2 N–H and O–H groups in total. The topological polar surface area (TPSA) is 127 Å². The number of aromatic amines is 1. The molecular weight excluding hydrogens is 362 g/mol. The van der Waals surface area contributed by atoms with E-state index >= 15 is 0 Å². The number of nitrogens with one attached hydrogen (secondary N) is 2. The lowest BCUT2D eigenvalue weighted by molar-refractivity contribution is -0.0528. The Balaban J connectivity index is 1.56. The second kappa shape index (κ2) is 6.76. The quantitative estimate of drug-likeness (QED) is 0.667. The summed E-state index contributed by atoms with van der Waals surface area (Å²) in [7, 11) is 0. The molecule has 1 unspecified atom stereocenters. The van der Waals surface area contributed by atoms with Crippen LogP contribution in [0.5, 0.6) is 5.88 Å². The summed E-state index contributed by atoms with van der Waals surface area (Å²) in [5, 5.41) is 22.8. The number of halogens is 2. The Morgan fingerprint density at radius 1 is 1.48 bits per heavy atom. The molecule has 1 fully saturated rings. The van der Waals surface area contributed by atoms with Gasteiger partial charge in [-0.3, -0.25) is 5.10 Å². The zero-order chi connectivity index (χ0) is 18.9. The molecule has 1 aliphatic rings. The monoisotopic (exact) mass is 376 g/mol. The van der Waals surface area contributed by atoms with Gasteiger partial charge >= 0.3 is 6.61 Å². The number of H-pyrrole nitrogens is 1. The minimum atomic E-state index is -2.96. The van der Waals surface area contributed by atoms with E-state index in [1.807, 2.05) is 0 Å². The van der Waals surface area contributed by atoms with Gasteiger partial charge in [0.1, 0.15) is 16.7 Å². The van der Waals surface area contributed by atoms with Gasteiger partial charge in [0.25, 0.3) is 0 Å². The molecular formula is C15H14F2N8O2. The van der Waals surface area contributed by atoms with Crippen LogP contribution in [0, 0.1) is 16.7 Å². The van der Waals surface area contributed by atoms with Gasteiger partial charge in [-0.1, -0.05) is 0 Å². The van der Waals surface area contributed by atoms with Crippen molar-refractivity contribution in [2.45, 2.75) is 19.6 Å². The Hall–Kier alpha value is -3.33. The van der Waals surface area contributed by atoms with Gasteiger partial charge in [-0.15, -0.1) is 5.10 Å². The molecule has 0 saturated carbocycles. The standard InChI is InChI=1S/C15H14F2N8O2/c16-14(17)27-12-3-10(23-24-12)21-11-5-19-9-4-20-25(13(9)22-11)7-15(6-18)1-2-26-8-15/h3-5,14H,1-2,7-8H2,(H2,21,22,23,24). The van der Waals surface area contributed by atoms with Gasteiger partial charge < -0.3 is 14.8 Å². The van der Waals surface area contributed by atoms with E-state index in [0.29, 0.717) is 49.0 Å². The molecule has 27 heavy (non-hydrogen) atoms. The summed E-state index contributed by atoms with van der Waals surface area (Å²) in [4.78, 5) is 8.72. The molecule has 0 aliphatic carbocycles. The molecule has 140 valence electrons. The average molecular weight is 376 g/mol. The predicted octanol–water partition coefficient (Wildman–Crippen LogP) is 1.82. The molecule has 4 heterocycles. The van der Waals surface area contributed by atoms with E-state index in [2.05, 4.69) is 41.4 Å². The maximum atomic E-state index is 12.2. The molecule has 0 bridgehead atoms. The summed E-state index contributed by atoms with van der Waals surface area (Å²) in [6, 6.07) is 3.59. The van der Waals surface area contributed by atoms with E-state index in [4.69, 9.17) is 4.74 Å². The highest BCUT2D eigenvalue weighted by Crippen LogP contribution is 2.30. The molecule has 1 saturated heterocycles. The van der Waals surface area contributed by atoms with Crippen LogP contribution in [-0.2, 0) is 11.3 Å². The lowest BCUT2D eigenvalue weighted by Gasteiger charge is -2.18. The minimum Gasteiger partial charge on any atom is -0.415 e. The summed E-state index contributed by atoms with van der Waals surface area (Å²) >= 11 is 0. The van der Waals surface area contributed by atoms with Crippen molar-refractivity contribution in [3.63, 3.8) is 0 Å². The fourth-order valence-corrected chi connectivity index (χ4v) is 2.82. The number of fused-ring (bicyclic) bond motifs is 1. The predicted molar refractivity (Wildman–Crippen MR) is 87.3 cm³/mol. The van der Waals surface area contributed by atoms with Crippen LogP contribution >= 0.6 is 0 Å². The molecule has 4 rings (SSSR count). The van der Waals surface area contributed by atoms with Crippen LogP contribution in [0.2, 0.25) is 0 Å². The lowest BCUT2D eigenvalue weighted by atomic mass is 9.89. The van der Waals surface area contributed by atoms with Gasteiger partial charge in [-0.25, -0.2) is 14.6 Å². The van der Waals surface area contributed by atoms with Crippen LogP contribution in [0.1, 0.15) is 6.42 Å². The highest BCUT2D eigenvalue weighted by Gasteiger charge is 2.36. The number of hydrogen-bond donors (Lipinski definition) is 2. The Bertz CT molecular complexity index is 989. The van der Waals surface area contributed by atoms with Crippen LogP contribution in [0.3, 0.4) is 0 Å². The molecule has 3 aromatic heterocycles. The van der Waals surface area contributed by atoms with E-state index in [0.717, 1.165) is 0 Å². The molecule has 10 nitrogen and oxygen atoms in total. The molecule has 0 radical (unpaired) electrons. The second-order valence-electron chi connectivity index (χ2n) is 6.08. The largest absolute Gasteiger partial charge is 0.415 e. The highest BCUT2D eigenvalue weighted by molar-refractivity contribution is 5.72. The Labute approximate surface area is 151 Å². The minimum absolute atomic E-state index is 0.247. The van der Waals surface area contributed by atoms with E-state index in [1.165, 1.54) is 12.3 Å². The van der Waals surface area contributed by atoms with E-state index in [9.17, 15) is 14.0 Å². The zero-order valence-corrected chi connectivity index (χ0v) is 13.9. The molecule has 0 aromatic carbocycles. The van der Waals surface area contributed by atoms with Crippen molar-refractivity contribution >= 4 is 22.8 Å². The van der Waals surface area contributed by atoms with Crippen molar-refractivity contribution in [2.75, 3.05) is 18.5 Å². The van der Waals surface area contributed by atoms with Crippen molar-refractivity contribution in [1.29, 1.82) is 5.26 Å². The Morgan fingerprint density at radius 3 is 3.11 bits per heavy atom. The van der Waals surface area contributed by atoms with Gasteiger partial charge in [0, 0.05) is 12.7 Å². The number of aromatic nitrogens is 6. The maximum Gasteiger partial charge on any atom is 0.388 e. The van der Waals surface area contributed by atoms with Crippen molar-refractivity contribution in [3.8, 4) is 11.9 Å². The van der Waals surface area contributed by atoms with Gasteiger partial charge in [0.05, 0.1) is 31.6 Å². The summed E-state index contributed by atoms with van der Waals surface area (Å²) in [6.07, 6.45) is 3.66. The van der Waals surface area contributed by atoms with E-state index < -0.39 is 12.0 Å². The summed E-state index contributed by atoms with van der Waals surface area (Å²) < 4.78 is 35.6. The molecule has 0 spiro atoms. The Kier molecular flexibility index (Phi) is 4.28. The lowest BCUT2D eigenvalue weighted by Crippen LogP contribution is -2.26. The smallest absolute Gasteiger partial charge is 0.388 e. The second-order valence-corrected chi connectivity index (χ2v) is 6.08. The van der Waals surface area contributed by atoms with E-state index in [1.54, 1.807) is 10.9 Å². The number of ether oxygens (including phenoxy) is 2. The number of rotatable bonds is 6. The number of anilines is 2. The SMILES string of the molecule is N#CC1(Cn2ncc3ncc(Nc4cc(OC(F)F)n[nH]4)nc32)CCOC1. The maximum absolute atomic E-state index is 12.2. The fraction of sp³-hybridized carbons (Fsp3) is 0.400. The molecule has 12 heteroatoms. The van der Waals surface area contributed by atoms with E-state index in [-0.39, 0.29) is 5.88 Å². The van der Waals surface area contributed by atoms with Crippen molar-refractivity contribution in [1.82, 2.24) is 29.9 Å². The van der Waals surface area contributed by atoms with Crippen molar-refractivity contribution < 1.29 is 18.3 Å². The molecule has 1 aliphatic heterocycles. The summed E-state index contributed by atoms with van der Waals surface area (Å²) in [5.74, 6) is 0.414. The first-order valence-electron chi connectivity index (χ1n) is 8.02. The molecule has 1 atom stereocenters. The zero-order valence-electron chi connectivity index (χ0n) is 13.9. The van der Waals surface area contributed by atoms with Crippen LogP contribution in [0.15, 0.2) is 18.5 Å². The van der Waals surface area contributed by atoms with Crippen LogP contribution < -0.4 is 10.1 Å². The van der Waals surface area contributed by atoms with Gasteiger partial charge in [0.15, 0.2) is 11.5 Å². The average Bonchev–Trinajstić information content (AvgIpc) is 3.37.